The molecule has 2 heterocycles. The van der Waals surface area contributed by atoms with Crippen molar-refractivity contribution in [3.63, 3.8) is 0 Å². The molecule has 0 aliphatic carbocycles. The summed E-state index contributed by atoms with van der Waals surface area (Å²) in [5.74, 6) is 1.42. The van der Waals surface area contributed by atoms with Crippen molar-refractivity contribution in [3.05, 3.63) is 35.7 Å². The van der Waals surface area contributed by atoms with E-state index in [0.717, 1.165) is 24.3 Å². The number of halogens is 1. The third-order valence-corrected chi connectivity index (χ3v) is 2.53. The maximum Gasteiger partial charge on any atom is 0.163 e. The highest BCUT2D eigenvalue weighted by Gasteiger charge is 2.06. The summed E-state index contributed by atoms with van der Waals surface area (Å²) in [6.45, 7) is 3.00. The molecule has 0 spiro atoms. The second kappa shape index (κ2) is 5.59. The molecule has 0 atom stereocenters. The zero-order valence-corrected chi connectivity index (χ0v) is 10.3. The Kier molecular flexibility index (Phi) is 3.88. The van der Waals surface area contributed by atoms with E-state index in [0.29, 0.717) is 10.8 Å². The molecule has 0 radical (unpaired) electrons. The van der Waals surface area contributed by atoms with E-state index in [1.165, 1.54) is 0 Å². The highest BCUT2D eigenvalue weighted by Crippen LogP contribution is 2.23. The largest absolute Gasteiger partial charge is 0.370 e. The zero-order valence-electron chi connectivity index (χ0n) is 9.52. The average molecular weight is 249 g/mol. The Balaban J connectivity index is 2.30. The number of pyridine rings is 1. The van der Waals surface area contributed by atoms with Crippen LogP contribution in [0.25, 0.3) is 11.4 Å². The van der Waals surface area contributed by atoms with E-state index in [4.69, 9.17) is 11.6 Å². The Morgan fingerprint density at radius 2 is 2.18 bits per heavy atom. The Morgan fingerprint density at radius 3 is 2.94 bits per heavy atom. The fourth-order valence-electron chi connectivity index (χ4n) is 1.40. The zero-order chi connectivity index (χ0) is 12.1. The van der Waals surface area contributed by atoms with Crippen LogP contribution in [0.5, 0.6) is 0 Å². The van der Waals surface area contributed by atoms with Crippen LogP contribution in [0, 0.1) is 0 Å². The van der Waals surface area contributed by atoms with Crippen LogP contribution in [0.15, 0.2) is 30.7 Å². The van der Waals surface area contributed by atoms with Crippen molar-refractivity contribution in [1.29, 1.82) is 0 Å². The smallest absolute Gasteiger partial charge is 0.163 e. The van der Waals surface area contributed by atoms with Crippen molar-refractivity contribution in [2.75, 3.05) is 11.9 Å². The van der Waals surface area contributed by atoms with E-state index in [2.05, 4.69) is 27.2 Å². The number of rotatable bonds is 4. The third kappa shape index (κ3) is 2.91. The van der Waals surface area contributed by atoms with Gasteiger partial charge in [0.2, 0.25) is 0 Å². The monoisotopic (exact) mass is 248 g/mol. The van der Waals surface area contributed by atoms with Gasteiger partial charge in [-0.25, -0.2) is 9.97 Å². The lowest BCUT2D eigenvalue weighted by molar-refractivity contribution is 0.966. The SMILES string of the molecule is CCCNc1ccnc(-c2ccncc2Cl)n1. The summed E-state index contributed by atoms with van der Waals surface area (Å²) in [7, 11) is 0. The fraction of sp³-hybridized carbons (Fsp3) is 0.250. The molecule has 0 aromatic carbocycles. The van der Waals surface area contributed by atoms with E-state index < -0.39 is 0 Å². The normalized spacial score (nSPS) is 10.2. The predicted molar refractivity (Wildman–Crippen MR) is 69.1 cm³/mol. The number of nitrogens with zero attached hydrogens (tertiary/aromatic N) is 3. The summed E-state index contributed by atoms with van der Waals surface area (Å²) in [4.78, 5) is 12.6. The van der Waals surface area contributed by atoms with E-state index in [1.54, 1.807) is 24.7 Å². The highest BCUT2D eigenvalue weighted by atomic mass is 35.5. The van der Waals surface area contributed by atoms with Crippen molar-refractivity contribution >= 4 is 17.4 Å². The molecular formula is C12H13ClN4. The van der Waals surface area contributed by atoms with E-state index in [-0.39, 0.29) is 0 Å². The first-order chi connectivity index (χ1) is 8.31. The van der Waals surface area contributed by atoms with E-state index in [1.807, 2.05) is 6.07 Å². The molecule has 88 valence electrons. The van der Waals surface area contributed by atoms with Crippen LogP contribution in [0.2, 0.25) is 5.02 Å². The van der Waals surface area contributed by atoms with Gasteiger partial charge in [-0.1, -0.05) is 18.5 Å². The minimum absolute atomic E-state index is 0.556. The van der Waals surface area contributed by atoms with E-state index >= 15 is 0 Å². The fourth-order valence-corrected chi connectivity index (χ4v) is 1.60. The molecule has 0 fully saturated rings. The molecule has 2 rings (SSSR count). The van der Waals surface area contributed by atoms with Crippen molar-refractivity contribution in [3.8, 4) is 11.4 Å². The van der Waals surface area contributed by atoms with Gasteiger partial charge in [-0.15, -0.1) is 0 Å². The number of nitrogens with one attached hydrogen (secondary N) is 1. The first-order valence-corrected chi connectivity index (χ1v) is 5.86. The molecule has 5 heteroatoms. The molecule has 2 aromatic heterocycles. The molecule has 1 N–H and O–H groups in total. The maximum absolute atomic E-state index is 6.05. The Bertz CT molecular complexity index is 501. The predicted octanol–water partition coefficient (Wildman–Crippen LogP) is 3.01. The molecule has 0 amide bonds. The van der Waals surface area contributed by atoms with Gasteiger partial charge in [-0.2, -0.15) is 0 Å². The van der Waals surface area contributed by atoms with Gasteiger partial charge in [0.15, 0.2) is 5.82 Å². The molecule has 0 bridgehead atoms. The van der Waals surface area contributed by atoms with Gasteiger partial charge in [0, 0.05) is 30.7 Å². The summed E-state index contributed by atoms with van der Waals surface area (Å²) in [5.41, 5.74) is 0.793. The van der Waals surface area contributed by atoms with Gasteiger partial charge in [0.05, 0.1) is 5.02 Å². The molecule has 0 saturated heterocycles. The quantitative estimate of drug-likeness (QED) is 0.904. The molecule has 2 aromatic rings. The number of hydrogen-bond acceptors (Lipinski definition) is 4. The topological polar surface area (TPSA) is 50.7 Å². The lowest BCUT2D eigenvalue weighted by Crippen LogP contribution is -2.03. The van der Waals surface area contributed by atoms with Crippen LogP contribution >= 0.6 is 11.6 Å². The second-order valence-corrected chi connectivity index (χ2v) is 3.95. The van der Waals surface area contributed by atoms with Gasteiger partial charge in [0.25, 0.3) is 0 Å². The standard InChI is InChI=1S/C12H13ClN4/c1-2-5-15-11-4-7-16-12(17-11)9-3-6-14-8-10(9)13/h3-4,6-8H,2,5H2,1H3,(H,15,16,17). The van der Waals surface area contributed by atoms with Crippen LogP contribution in [-0.2, 0) is 0 Å². The van der Waals surface area contributed by atoms with Crippen LogP contribution in [-0.4, -0.2) is 21.5 Å². The van der Waals surface area contributed by atoms with Crippen LogP contribution < -0.4 is 5.32 Å². The van der Waals surface area contributed by atoms with Gasteiger partial charge < -0.3 is 5.32 Å². The average Bonchev–Trinajstić information content (AvgIpc) is 2.37. The van der Waals surface area contributed by atoms with Crippen LogP contribution in [0.1, 0.15) is 13.3 Å². The molecule has 17 heavy (non-hydrogen) atoms. The first kappa shape index (κ1) is 11.8. The molecule has 4 nitrogen and oxygen atoms in total. The first-order valence-electron chi connectivity index (χ1n) is 5.48. The lowest BCUT2D eigenvalue weighted by Gasteiger charge is -2.06. The molecule has 0 aliphatic heterocycles. The molecule has 0 saturated carbocycles. The van der Waals surface area contributed by atoms with Crippen LogP contribution in [0.3, 0.4) is 0 Å². The Morgan fingerprint density at radius 1 is 1.29 bits per heavy atom. The summed E-state index contributed by atoms with van der Waals surface area (Å²) < 4.78 is 0. The Hall–Kier alpha value is -1.68. The van der Waals surface area contributed by atoms with E-state index in [9.17, 15) is 0 Å². The minimum Gasteiger partial charge on any atom is -0.370 e. The maximum atomic E-state index is 6.05. The summed E-state index contributed by atoms with van der Waals surface area (Å²) in [6, 6.07) is 3.65. The van der Waals surface area contributed by atoms with Crippen molar-refractivity contribution < 1.29 is 0 Å². The molecular weight excluding hydrogens is 236 g/mol. The molecule has 0 unspecified atom stereocenters. The lowest BCUT2D eigenvalue weighted by atomic mass is 10.2. The van der Waals surface area contributed by atoms with Gasteiger partial charge in [-0.05, 0) is 18.6 Å². The van der Waals surface area contributed by atoms with Gasteiger partial charge in [-0.3, -0.25) is 4.98 Å². The number of anilines is 1. The van der Waals surface area contributed by atoms with Gasteiger partial charge in [0.1, 0.15) is 5.82 Å². The van der Waals surface area contributed by atoms with Crippen molar-refractivity contribution in [1.82, 2.24) is 15.0 Å². The summed E-state index contributed by atoms with van der Waals surface area (Å²) >= 11 is 6.05. The highest BCUT2D eigenvalue weighted by molar-refractivity contribution is 6.33. The van der Waals surface area contributed by atoms with Gasteiger partial charge >= 0.3 is 0 Å². The number of hydrogen-bond donors (Lipinski definition) is 1. The Labute approximate surface area is 105 Å². The van der Waals surface area contributed by atoms with Crippen molar-refractivity contribution in [2.24, 2.45) is 0 Å². The second-order valence-electron chi connectivity index (χ2n) is 3.55. The van der Waals surface area contributed by atoms with Crippen LogP contribution in [0.4, 0.5) is 5.82 Å². The summed E-state index contributed by atoms with van der Waals surface area (Å²) in [5, 5.41) is 3.77. The number of aromatic nitrogens is 3. The molecule has 0 aliphatic rings. The third-order valence-electron chi connectivity index (χ3n) is 2.23. The van der Waals surface area contributed by atoms with Crippen molar-refractivity contribution in [2.45, 2.75) is 13.3 Å². The summed E-state index contributed by atoms with van der Waals surface area (Å²) in [6.07, 6.45) is 6.04. The minimum atomic E-state index is 0.556.